The molecule has 0 spiro atoms. The van der Waals surface area contributed by atoms with Crippen molar-refractivity contribution >= 4 is 15.7 Å². The number of nitrogens with one attached hydrogen (secondary N) is 1. The van der Waals surface area contributed by atoms with Gasteiger partial charge in [-0.3, -0.25) is 4.79 Å². The average molecular weight is 370 g/mol. The second-order valence-electron chi connectivity index (χ2n) is 7.01. The molecule has 2 aliphatic heterocycles. The third-order valence-electron chi connectivity index (χ3n) is 5.36. The van der Waals surface area contributed by atoms with Crippen molar-refractivity contribution in [2.75, 3.05) is 19.6 Å². The molecule has 1 amide bonds. The fourth-order valence-electron chi connectivity index (χ4n) is 4.04. The van der Waals surface area contributed by atoms with E-state index in [1.807, 2.05) is 23.1 Å². The number of likely N-dealkylation sites (tertiary alicyclic amines) is 1. The Bertz CT molecular complexity index is 912. The van der Waals surface area contributed by atoms with Gasteiger partial charge in [0.15, 0.2) is 9.84 Å². The monoisotopic (exact) mass is 370 g/mol. The minimum atomic E-state index is -3.60. The molecule has 2 aliphatic rings. The summed E-state index contributed by atoms with van der Waals surface area (Å²) in [5, 5.41) is 3.33. The number of carbonyl (C=O) groups is 1. The van der Waals surface area contributed by atoms with Crippen LogP contribution in [-0.2, 0) is 15.6 Å². The molecule has 2 aromatic carbocycles. The molecule has 6 heteroatoms. The predicted molar refractivity (Wildman–Crippen MR) is 99.6 cm³/mol. The van der Waals surface area contributed by atoms with E-state index in [4.69, 9.17) is 0 Å². The van der Waals surface area contributed by atoms with Gasteiger partial charge in [-0.25, -0.2) is 8.42 Å². The maximum atomic E-state index is 13.1. The van der Waals surface area contributed by atoms with Gasteiger partial charge in [0, 0.05) is 25.7 Å². The van der Waals surface area contributed by atoms with E-state index in [1.165, 1.54) is 0 Å². The Labute approximate surface area is 153 Å². The maximum absolute atomic E-state index is 13.1. The molecule has 1 N–H and O–H groups in total. The summed E-state index contributed by atoms with van der Waals surface area (Å²) < 4.78 is 26.0. The molecule has 2 atom stereocenters. The van der Waals surface area contributed by atoms with Gasteiger partial charge < -0.3 is 10.2 Å². The van der Waals surface area contributed by atoms with Crippen LogP contribution in [0.5, 0.6) is 0 Å². The van der Waals surface area contributed by atoms with E-state index >= 15 is 0 Å². The van der Waals surface area contributed by atoms with Crippen LogP contribution in [0, 0.1) is 5.92 Å². The molecule has 0 bridgehead atoms. The van der Waals surface area contributed by atoms with Gasteiger partial charge in [0.05, 0.1) is 16.2 Å². The van der Waals surface area contributed by atoms with Crippen molar-refractivity contribution in [3.8, 4) is 0 Å². The molecule has 2 saturated heterocycles. The van der Waals surface area contributed by atoms with Gasteiger partial charge in [0.1, 0.15) is 0 Å². The molecule has 0 aromatic heterocycles. The quantitative estimate of drug-likeness (QED) is 0.895. The number of carbonyl (C=O) groups excluding carboxylic acids is 1. The van der Waals surface area contributed by atoms with Crippen LogP contribution in [0.2, 0.25) is 0 Å². The van der Waals surface area contributed by atoms with Crippen molar-refractivity contribution in [1.29, 1.82) is 0 Å². The highest BCUT2D eigenvalue weighted by atomic mass is 32.2. The molecule has 0 aliphatic carbocycles. The number of hydrogen-bond donors (Lipinski definition) is 1. The second-order valence-corrected chi connectivity index (χ2v) is 8.97. The molecule has 2 heterocycles. The van der Waals surface area contributed by atoms with Crippen LogP contribution in [0.4, 0.5) is 0 Å². The number of sulfone groups is 1. The standard InChI is InChI=1S/C20H22N2O3S/c23-20(22-11-10-16-12-21-13-18(16)22)17-8-4-5-9-19(17)26(24,25)14-15-6-2-1-3-7-15/h1-9,16,18,21H,10-14H2/t16-,18+/m0/s1. The third kappa shape index (κ3) is 3.15. The van der Waals surface area contributed by atoms with E-state index in [-0.39, 0.29) is 28.2 Å². The Morgan fingerprint density at radius 2 is 1.77 bits per heavy atom. The Hall–Kier alpha value is -2.18. The van der Waals surface area contributed by atoms with Gasteiger partial charge in [0.25, 0.3) is 5.91 Å². The SMILES string of the molecule is O=C(c1ccccc1S(=O)(=O)Cc1ccccc1)N1CC[C@H]2CNC[C@H]21. The lowest BCUT2D eigenvalue weighted by molar-refractivity contribution is 0.0733. The molecule has 4 rings (SSSR count). The van der Waals surface area contributed by atoms with Gasteiger partial charge in [-0.2, -0.15) is 0 Å². The molecule has 0 radical (unpaired) electrons. The Balaban J connectivity index is 1.65. The summed E-state index contributed by atoms with van der Waals surface area (Å²) in [5.74, 6) is 0.201. The molecular formula is C20H22N2O3S. The lowest BCUT2D eigenvalue weighted by Crippen LogP contribution is -2.39. The van der Waals surface area contributed by atoms with E-state index in [9.17, 15) is 13.2 Å². The zero-order valence-corrected chi connectivity index (χ0v) is 15.3. The van der Waals surface area contributed by atoms with Crippen molar-refractivity contribution in [1.82, 2.24) is 10.2 Å². The lowest BCUT2D eigenvalue weighted by Gasteiger charge is -2.24. The van der Waals surface area contributed by atoms with Gasteiger partial charge >= 0.3 is 0 Å². The second kappa shape index (κ2) is 6.85. The van der Waals surface area contributed by atoms with E-state index in [2.05, 4.69) is 5.32 Å². The lowest BCUT2D eigenvalue weighted by atomic mass is 10.0. The van der Waals surface area contributed by atoms with Crippen LogP contribution in [0.25, 0.3) is 0 Å². The number of amides is 1. The first kappa shape index (κ1) is 17.2. The van der Waals surface area contributed by atoms with E-state index in [1.54, 1.807) is 36.4 Å². The number of hydrogen-bond acceptors (Lipinski definition) is 4. The van der Waals surface area contributed by atoms with Crippen molar-refractivity contribution in [3.05, 3.63) is 65.7 Å². The van der Waals surface area contributed by atoms with Gasteiger partial charge in [-0.05, 0) is 30.0 Å². The first-order chi connectivity index (χ1) is 12.6. The van der Waals surface area contributed by atoms with Gasteiger partial charge in [-0.1, -0.05) is 42.5 Å². The molecule has 5 nitrogen and oxygen atoms in total. The molecule has 0 unspecified atom stereocenters. The van der Waals surface area contributed by atoms with Crippen LogP contribution in [-0.4, -0.2) is 44.9 Å². The smallest absolute Gasteiger partial charge is 0.255 e. The number of fused-ring (bicyclic) bond motifs is 1. The van der Waals surface area contributed by atoms with Gasteiger partial charge in [0.2, 0.25) is 0 Å². The number of nitrogens with zero attached hydrogens (tertiary/aromatic N) is 1. The fourth-order valence-corrected chi connectivity index (χ4v) is 5.61. The zero-order valence-electron chi connectivity index (χ0n) is 14.5. The summed E-state index contributed by atoms with van der Waals surface area (Å²) in [5.41, 5.74) is 1.01. The summed E-state index contributed by atoms with van der Waals surface area (Å²) in [6, 6.07) is 15.8. The minimum Gasteiger partial charge on any atom is -0.334 e. The van der Waals surface area contributed by atoms with E-state index in [0.29, 0.717) is 12.5 Å². The predicted octanol–water partition coefficient (Wildman–Crippen LogP) is 2.09. The van der Waals surface area contributed by atoms with Crippen LogP contribution >= 0.6 is 0 Å². The largest absolute Gasteiger partial charge is 0.334 e. The van der Waals surface area contributed by atoms with Crippen LogP contribution in [0.15, 0.2) is 59.5 Å². The third-order valence-corrected chi connectivity index (χ3v) is 7.10. The number of rotatable bonds is 4. The summed E-state index contributed by atoms with van der Waals surface area (Å²) in [6.07, 6.45) is 0.975. The normalized spacial score (nSPS) is 22.4. The maximum Gasteiger partial charge on any atom is 0.255 e. The highest BCUT2D eigenvalue weighted by Crippen LogP contribution is 2.30. The van der Waals surface area contributed by atoms with E-state index < -0.39 is 9.84 Å². The van der Waals surface area contributed by atoms with Crippen LogP contribution < -0.4 is 5.32 Å². The highest BCUT2D eigenvalue weighted by Gasteiger charge is 2.41. The highest BCUT2D eigenvalue weighted by molar-refractivity contribution is 7.90. The first-order valence-corrected chi connectivity index (χ1v) is 10.6. The Kier molecular flexibility index (Phi) is 4.54. The molecular weight excluding hydrogens is 348 g/mol. The summed E-state index contributed by atoms with van der Waals surface area (Å²) in [4.78, 5) is 15.1. The molecule has 136 valence electrons. The van der Waals surface area contributed by atoms with Gasteiger partial charge in [-0.15, -0.1) is 0 Å². The number of benzene rings is 2. The van der Waals surface area contributed by atoms with Crippen molar-refractivity contribution in [2.45, 2.75) is 23.1 Å². The van der Waals surface area contributed by atoms with Crippen molar-refractivity contribution in [2.24, 2.45) is 5.92 Å². The molecule has 0 saturated carbocycles. The topological polar surface area (TPSA) is 66.5 Å². The van der Waals surface area contributed by atoms with Crippen LogP contribution in [0.1, 0.15) is 22.3 Å². The molecule has 2 aromatic rings. The fraction of sp³-hybridized carbons (Fsp3) is 0.350. The summed E-state index contributed by atoms with van der Waals surface area (Å²) >= 11 is 0. The van der Waals surface area contributed by atoms with Crippen LogP contribution in [0.3, 0.4) is 0 Å². The molecule has 2 fully saturated rings. The molecule has 26 heavy (non-hydrogen) atoms. The Morgan fingerprint density at radius 3 is 2.58 bits per heavy atom. The van der Waals surface area contributed by atoms with Crippen molar-refractivity contribution < 1.29 is 13.2 Å². The van der Waals surface area contributed by atoms with Crippen molar-refractivity contribution in [3.63, 3.8) is 0 Å². The minimum absolute atomic E-state index is 0.105. The summed E-state index contributed by atoms with van der Waals surface area (Å²) in [6.45, 7) is 2.42. The first-order valence-electron chi connectivity index (χ1n) is 8.94. The summed E-state index contributed by atoms with van der Waals surface area (Å²) in [7, 11) is -3.60. The van der Waals surface area contributed by atoms with E-state index in [0.717, 1.165) is 25.1 Å². The Morgan fingerprint density at radius 1 is 1.04 bits per heavy atom. The zero-order chi connectivity index (χ0) is 18.1. The average Bonchev–Trinajstić information content (AvgIpc) is 3.25.